The molecule has 0 radical (unpaired) electrons. The van der Waals surface area contributed by atoms with Gasteiger partial charge in [0.15, 0.2) is 6.19 Å². The fourth-order valence-electron chi connectivity index (χ4n) is 1.11. The van der Waals surface area contributed by atoms with Crippen molar-refractivity contribution in [2.24, 2.45) is 4.99 Å². The summed E-state index contributed by atoms with van der Waals surface area (Å²) in [4.78, 5) is 3.85. The van der Waals surface area contributed by atoms with Crippen LogP contribution in [0.1, 0.15) is 5.69 Å². The lowest BCUT2D eigenvalue weighted by atomic mass is 10.4. The molecule has 1 rings (SSSR count). The van der Waals surface area contributed by atoms with Crippen LogP contribution in [0, 0.1) is 11.5 Å². The van der Waals surface area contributed by atoms with Crippen LogP contribution >= 0.6 is 0 Å². The van der Waals surface area contributed by atoms with Crippen LogP contribution in [0.4, 0.5) is 0 Å². The van der Waals surface area contributed by atoms with Gasteiger partial charge in [0.2, 0.25) is 5.96 Å². The third kappa shape index (κ3) is 4.43. The molecule has 1 aromatic heterocycles. The van der Waals surface area contributed by atoms with Crippen LogP contribution in [0.2, 0.25) is 0 Å². The molecule has 0 aromatic carbocycles. The van der Waals surface area contributed by atoms with Gasteiger partial charge in [-0.15, -0.1) is 0 Å². The first-order chi connectivity index (χ1) is 7.86. The number of aromatic amines is 1. The molecule has 0 spiro atoms. The van der Waals surface area contributed by atoms with Crippen LogP contribution in [0.25, 0.3) is 0 Å². The maximum Gasteiger partial charge on any atom is 0.204 e. The van der Waals surface area contributed by atoms with E-state index in [0.29, 0.717) is 12.5 Å². The molecule has 16 heavy (non-hydrogen) atoms. The molecule has 0 saturated heterocycles. The van der Waals surface area contributed by atoms with E-state index in [2.05, 4.69) is 31.1 Å². The quantitative estimate of drug-likeness (QED) is 0.170. The zero-order valence-corrected chi connectivity index (χ0v) is 9.12. The van der Waals surface area contributed by atoms with Crippen molar-refractivity contribution in [3.63, 3.8) is 0 Å². The first-order valence-corrected chi connectivity index (χ1v) is 4.91. The molecule has 1 aromatic rings. The van der Waals surface area contributed by atoms with Crippen molar-refractivity contribution in [2.45, 2.75) is 6.54 Å². The predicted octanol–water partition coefficient (Wildman–Crippen LogP) is -0.855. The minimum Gasteiger partial charge on any atom is -0.354 e. The summed E-state index contributed by atoms with van der Waals surface area (Å²) in [7, 11) is 1.62. The molecule has 0 bridgehead atoms. The van der Waals surface area contributed by atoms with Crippen LogP contribution in [0.15, 0.2) is 17.3 Å². The molecule has 0 aliphatic heterocycles. The lowest BCUT2D eigenvalue weighted by Crippen LogP contribution is -2.38. The maximum atomic E-state index is 8.39. The van der Waals surface area contributed by atoms with Crippen molar-refractivity contribution >= 4 is 5.96 Å². The van der Waals surface area contributed by atoms with Gasteiger partial charge in [-0.2, -0.15) is 10.4 Å². The van der Waals surface area contributed by atoms with Gasteiger partial charge in [0.1, 0.15) is 0 Å². The molecule has 0 amide bonds. The van der Waals surface area contributed by atoms with E-state index >= 15 is 0 Å². The molecule has 0 aliphatic rings. The molecule has 0 unspecified atom stereocenters. The lowest BCUT2D eigenvalue weighted by Gasteiger charge is -2.07. The van der Waals surface area contributed by atoms with E-state index in [1.807, 2.05) is 6.07 Å². The highest BCUT2D eigenvalue weighted by Crippen LogP contribution is 1.88. The number of H-pyrrole nitrogens is 1. The maximum absolute atomic E-state index is 8.39. The number of rotatable bonds is 5. The second-order valence-corrected chi connectivity index (χ2v) is 2.99. The molecule has 86 valence electrons. The molecule has 1 heterocycles. The minimum atomic E-state index is 0.478. The fourth-order valence-corrected chi connectivity index (χ4v) is 1.11. The number of nitrogens with zero attached hydrogens (tertiary/aromatic N) is 3. The normalized spacial score (nSPS) is 10.9. The SMILES string of the molecule is CN=C(NC#N)NCCNCc1ccn[nH]1. The van der Waals surface area contributed by atoms with Crippen LogP contribution in [-0.2, 0) is 6.54 Å². The average Bonchev–Trinajstić information content (AvgIpc) is 2.80. The van der Waals surface area contributed by atoms with Gasteiger partial charge in [0, 0.05) is 38.6 Å². The number of aliphatic imine (C=N–C) groups is 1. The first kappa shape index (κ1) is 12.0. The fraction of sp³-hybridized carbons (Fsp3) is 0.444. The predicted molar refractivity (Wildman–Crippen MR) is 60.4 cm³/mol. The van der Waals surface area contributed by atoms with Crippen LogP contribution < -0.4 is 16.0 Å². The Bertz CT molecular complexity index is 348. The molecule has 7 heteroatoms. The third-order valence-electron chi connectivity index (χ3n) is 1.87. The van der Waals surface area contributed by atoms with E-state index in [9.17, 15) is 0 Å². The highest BCUT2D eigenvalue weighted by Gasteiger charge is 1.95. The van der Waals surface area contributed by atoms with Gasteiger partial charge in [-0.05, 0) is 6.07 Å². The minimum absolute atomic E-state index is 0.478. The van der Waals surface area contributed by atoms with Crippen LogP contribution in [0.5, 0.6) is 0 Å². The molecular formula is C9H15N7. The Balaban J connectivity index is 2.06. The second-order valence-electron chi connectivity index (χ2n) is 2.99. The number of nitriles is 1. The molecule has 0 aliphatic carbocycles. The second kappa shape index (κ2) is 7.25. The summed E-state index contributed by atoms with van der Waals surface area (Å²) in [5.41, 5.74) is 1.04. The summed E-state index contributed by atoms with van der Waals surface area (Å²) in [5.74, 6) is 0.478. The molecule has 0 atom stereocenters. The monoisotopic (exact) mass is 221 g/mol. The highest BCUT2D eigenvalue weighted by atomic mass is 15.2. The molecule has 0 fully saturated rings. The Morgan fingerprint density at radius 2 is 2.50 bits per heavy atom. The van der Waals surface area contributed by atoms with Gasteiger partial charge in [0.05, 0.1) is 0 Å². The van der Waals surface area contributed by atoms with Gasteiger partial charge in [-0.1, -0.05) is 0 Å². The number of aromatic nitrogens is 2. The molecule has 7 nitrogen and oxygen atoms in total. The summed E-state index contributed by atoms with van der Waals surface area (Å²) in [6.07, 6.45) is 3.52. The van der Waals surface area contributed by atoms with E-state index in [1.54, 1.807) is 19.4 Å². The third-order valence-corrected chi connectivity index (χ3v) is 1.87. The zero-order valence-electron chi connectivity index (χ0n) is 9.12. The van der Waals surface area contributed by atoms with Gasteiger partial charge in [-0.3, -0.25) is 15.4 Å². The van der Waals surface area contributed by atoms with E-state index in [-0.39, 0.29) is 0 Å². The Labute approximate surface area is 94.0 Å². The molecule has 4 N–H and O–H groups in total. The Morgan fingerprint density at radius 1 is 1.62 bits per heavy atom. The Hall–Kier alpha value is -2.07. The largest absolute Gasteiger partial charge is 0.354 e. The standard InChI is InChI=1S/C9H15N7/c1-11-9(14-7-10)13-5-4-12-6-8-2-3-15-16-8/h2-3,12H,4-6H2,1H3,(H,15,16)(H2,11,13,14). The van der Waals surface area contributed by atoms with Crippen molar-refractivity contribution in [2.75, 3.05) is 20.1 Å². The van der Waals surface area contributed by atoms with Crippen LogP contribution in [-0.4, -0.2) is 36.3 Å². The van der Waals surface area contributed by atoms with Crippen molar-refractivity contribution in [1.82, 2.24) is 26.1 Å². The highest BCUT2D eigenvalue weighted by molar-refractivity contribution is 5.80. The molecular weight excluding hydrogens is 206 g/mol. The Kier molecular flexibility index (Phi) is 5.44. The smallest absolute Gasteiger partial charge is 0.204 e. The summed E-state index contributed by atoms with van der Waals surface area (Å²) < 4.78 is 0. The topological polar surface area (TPSA) is 101 Å². The first-order valence-electron chi connectivity index (χ1n) is 4.91. The Morgan fingerprint density at radius 3 is 3.12 bits per heavy atom. The van der Waals surface area contributed by atoms with E-state index in [0.717, 1.165) is 18.8 Å². The van der Waals surface area contributed by atoms with E-state index < -0.39 is 0 Å². The van der Waals surface area contributed by atoms with Gasteiger partial charge < -0.3 is 10.6 Å². The molecule has 0 saturated carbocycles. The van der Waals surface area contributed by atoms with Gasteiger partial charge >= 0.3 is 0 Å². The number of hydrogen-bond donors (Lipinski definition) is 4. The van der Waals surface area contributed by atoms with Crippen molar-refractivity contribution in [1.29, 1.82) is 5.26 Å². The van der Waals surface area contributed by atoms with E-state index in [1.165, 1.54) is 0 Å². The van der Waals surface area contributed by atoms with Crippen molar-refractivity contribution < 1.29 is 0 Å². The zero-order chi connectivity index (χ0) is 11.6. The van der Waals surface area contributed by atoms with Crippen molar-refractivity contribution in [3.05, 3.63) is 18.0 Å². The average molecular weight is 221 g/mol. The van der Waals surface area contributed by atoms with Gasteiger partial charge in [-0.25, -0.2) is 0 Å². The number of nitrogens with one attached hydrogen (secondary N) is 4. The number of hydrogen-bond acceptors (Lipinski definition) is 4. The van der Waals surface area contributed by atoms with E-state index in [4.69, 9.17) is 5.26 Å². The summed E-state index contributed by atoms with van der Waals surface area (Å²) in [5, 5.41) is 23.7. The van der Waals surface area contributed by atoms with Crippen molar-refractivity contribution in [3.8, 4) is 6.19 Å². The number of guanidine groups is 1. The lowest BCUT2D eigenvalue weighted by molar-refractivity contribution is 0.657. The summed E-state index contributed by atoms with van der Waals surface area (Å²) >= 11 is 0. The summed E-state index contributed by atoms with van der Waals surface area (Å²) in [6, 6.07) is 1.91. The van der Waals surface area contributed by atoms with Gasteiger partial charge in [0.25, 0.3) is 0 Å². The summed E-state index contributed by atoms with van der Waals surface area (Å²) in [6.45, 7) is 2.20. The van der Waals surface area contributed by atoms with Crippen LogP contribution in [0.3, 0.4) is 0 Å².